The van der Waals surface area contributed by atoms with E-state index in [0.717, 1.165) is 88.1 Å². The predicted octanol–water partition coefficient (Wildman–Crippen LogP) is 22.9. The molecule has 12 heterocycles. The molecule has 0 saturated heterocycles. The van der Waals surface area contributed by atoms with Gasteiger partial charge in [-0.1, -0.05) is 131 Å². The highest BCUT2D eigenvalue weighted by Gasteiger charge is 2.22. The van der Waals surface area contributed by atoms with Crippen molar-refractivity contribution in [2.45, 2.75) is 27.7 Å². The molecule has 0 spiro atoms. The molecule has 20 rings (SSSR count). The molecule has 0 fully saturated rings. The zero-order valence-electron chi connectivity index (χ0n) is 75.1. The van der Waals surface area contributed by atoms with E-state index >= 15 is 0 Å². The summed E-state index contributed by atoms with van der Waals surface area (Å²) in [5, 5.41) is 50.0. The Morgan fingerprint density at radius 2 is 0.606 bits per heavy atom. The molecule has 688 valence electrons. The van der Waals surface area contributed by atoms with Crippen LogP contribution in [0.1, 0.15) is 110 Å². The molecule has 0 aliphatic rings. The second-order valence-electron chi connectivity index (χ2n) is 31.0. The number of hydrogen-bond acceptors (Lipinski definition) is 24. The van der Waals surface area contributed by atoms with Gasteiger partial charge in [0.1, 0.15) is 44.7 Å². The first-order valence-corrected chi connectivity index (χ1v) is 46.5. The van der Waals surface area contributed by atoms with Crippen LogP contribution in [0.4, 0.5) is 21.8 Å². The van der Waals surface area contributed by atoms with Crippen LogP contribution in [0.15, 0.2) is 330 Å². The summed E-state index contributed by atoms with van der Waals surface area (Å²) in [6, 6.07) is 78.3. The second-order valence-corrected chi connectivity index (χ2v) is 35.1. The van der Waals surface area contributed by atoms with Crippen molar-refractivity contribution >= 4 is 159 Å². The lowest BCUT2D eigenvalue weighted by Gasteiger charge is -2.14. The van der Waals surface area contributed by atoms with Gasteiger partial charge in [-0.3, -0.25) is 87.9 Å². The average Bonchev–Trinajstić information content (AvgIpc) is 0.861. The first-order valence-electron chi connectivity index (χ1n) is 43.1. The molecule has 0 amide bonds. The van der Waals surface area contributed by atoms with Gasteiger partial charge in [0.2, 0.25) is 0 Å². The molecular weight excluding hydrogens is 1870 g/mol. The lowest BCUT2D eigenvalue weighted by molar-refractivity contribution is -0.402. The quantitative estimate of drug-likeness (QED) is 0.0492. The Hall–Kier alpha value is -19.2. The second kappa shape index (κ2) is 43.2. The highest BCUT2D eigenvalue weighted by Crippen LogP contribution is 2.32. The number of pyridine rings is 2. The maximum absolute atomic E-state index is 13.6. The van der Waals surface area contributed by atoms with Crippen LogP contribution < -0.4 is 22.2 Å². The largest absolute Gasteiger partial charge is 0.433 e. The monoisotopic (exact) mass is 1940 g/mol. The Bertz CT molecular complexity index is 8510. The minimum Gasteiger partial charge on any atom is -0.401 e. The van der Waals surface area contributed by atoms with E-state index in [-0.39, 0.29) is 55.5 Å². The third-order valence-corrected chi connectivity index (χ3v) is 25.0. The molecule has 142 heavy (non-hydrogen) atoms. The van der Waals surface area contributed by atoms with E-state index < -0.39 is 19.7 Å². The van der Waals surface area contributed by atoms with Crippen LogP contribution in [0.25, 0.3) is 115 Å². The number of nitrogens with zero attached hydrogens (tertiary/aromatic N) is 14. The van der Waals surface area contributed by atoms with Gasteiger partial charge in [0.15, 0.2) is 0 Å². The summed E-state index contributed by atoms with van der Waals surface area (Å²) in [5.74, 6) is 26.5. The van der Waals surface area contributed by atoms with Gasteiger partial charge in [0.05, 0.1) is 98.1 Å². The zero-order chi connectivity index (χ0) is 98.9. The SMILES string of the molecule is Cc1cc(C#Cc2cccnc2)ccc1-n1c(/C=C/c2ccc([N+](=O)[O-])o2)nc2ccccc2c1=O.Cc1cc(C#Cc2cccnc2)ccc1-n1c(/C=C/c2ccc([N+](=O)[O-])s2)nc2ccccc2c1=O.Cc1cc(C#Cc2cccs2)ccc1-n1c(/C=C/c2ccc([N+](=O)[O-])o2)nc2ccccc2c1=O.Cc1cc(C#Cc2cccs2)ccc1-n1c(/C=C/c2ccc([N+](=O)[O-])s2)nc2ccccc2c1=O. The molecule has 0 aliphatic heterocycles. The number of nitro groups is 4. The summed E-state index contributed by atoms with van der Waals surface area (Å²) >= 11 is 5.29. The molecule has 0 N–H and O–H groups in total. The van der Waals surface area contributed by atoms with Crippen LogP contribution in [0.2, 0.25) is 0 Å². The van der Waals surface area contributed by atoms with Gasteiger partial charge in [-0.25, -0.2) is 19.9 Å². The van der Waals surface area contributed by atoms with Crippen LogP contribution >= 0.6 is 45.3 Å². The van der Waals surface area contributed by atoms with Gasteiger partial charge in [-0.15, -0.1) is 22.7 Å². The fourth-order valence-electron chi connectivity index (χ4n) is 14.8. The highest BCUT2D eigenvalue weighted by atomic mass is 32.1. The summed E-state index contributed by atoms with van der Waals surface area (Å²) in [7, 11) is 0. The molecule has 28 nitrogen and oxygen atoms in total. The van der Waals surface area contributed by atoms with Crippen molar-refractivity contribution in [3.8, 4) is 70.1 Å². The zero-order valence-corrected chi connectivity index (χ0v) is 78.4. The molecule has 32 heteroatoms. The lowest BCUT2D eigenvalue weighted by atomic mass is 10.1. The Kier molecular flexibility index (Phi) is 28.8. The number of rotatable bonds is 16. The molecule has 0 unspecified atom stereocenters. The Morgan fingerprint density at radius 1 is 0.303 bits per heavy atom. The Morgan fingerprint density at radius 3 is 0.873 bits per heavy atom. The Labute approximate surface area is 822 Å². The third-order valence-electron chi connectivity index (χ3n) is 21.4. The lowest BCUT2D eigenvalue weighted by Crippen LogP contribution is -2.23. The fraction of sp³-hybridized carbons (Fsp3) is 0.0364. The molecule has 0 saturated carbocycles. The van der Waals surface area contributed by atoms with E-state index in [1.54, 1.807) is 184 Å². The third kappa shape index (κ3) is 22.3. The number of thiophene rings is 4. The number of aryl methyl sites for hydroxylation is 4. The van der Waals surface area contributed by atoms with Gasteiger partial charge < -0.3 is 8.83 Å². The minimum absolute atomic E-state index is 0.0531. The van der Waals surface area contributed by atoms with Gasteiger partial charge in [0, 0.05) is 80.1 Å². The summed E-state index contributed by atoms with van der Waals surface area (Å²) in [4.78, 5) is 126. The van der Waals surface area contributed by atoms with Crippen LogP contribution in [-0.4, -0.2) is 67.9 Å². The summed E-state index contributed by atoms with van der Waals surface area (Å²) in [6.07, 6.45) is 20.0. The molecule has 8 aromatic carbocycles. The van der Waals surface area contributed by atoms with Crippen molar-refractivity contribution in [2.24, 2.45) is 0 Å². The number of aromatic nitrogens is 10. The minimum atomic E-state index is -0.607. The fourth-order valence-corrected chi connectivity index (χ4v) is 17.4. The Balaban J connectivity index is 0.000000130. The van der Waals surface area contributed by atoms with Crippen LogP contribution in [0.3, 0.4) is 0 Å². The van der Waals surface area contributed by atoms with Crippen LogP contribution in [0, 0.1) is 116 Å². The number of hydrogen-bond donors (Lipinski definition) is 0. The van der Waals surface area contributed by atoms with Crippen LogP contribution in [-0.2, 0) is 0 Å². The van der Waals surface area contributed by atoms with Crippen molar-refractivity contribution in [1.82, 2.24) is 48.2 Å². The van der Waals surface area contributed by atoms with E-state index in [9.17, 15) is 59.6 Å². The molecule has 20 aromatic rings. The predicted molar refractivity (Wildman–Crippen MR) is 558 cm³/mol. The maximum atomic E-state index is 13.6. The van der Waals surface area contributed by atoms with E-state index in [0.29, 0.717) is 99.4 Å². The number of furan rings is 2. The molecular formula is C110H70N14O14S4. The first-order chi connectivity index (χ1) is 69.0. The van der Waals surface area contributed by atoms with Crippen LogP contribution in [0.5, 0.6) is 0 Å². The summed E-state index contributed by atoms with van der Waals surface area (Å²) in [6.45, 7) is 7.66. The number of benzene rings is 8. The molecule has 0 aliphatic carbocycles. The summed E-state index contributed by atoms with van der Waals surface area (Å²) < 4.78 is 16.6. The van der Waals surface area contributed by atoms with Gasteiger partial charge in [-0.05, 0) is 291 Å². The van der Waals surface area contributed by atoms with Crippen molar-refractivity contribution in [2.75, 3.05) is 0 Å². The van der Waals surface area contributed by atoms with Crippen molar-refractivity contribution in [1.29, 1.82) is 0 Å². The van der Waals surface area contributed by atoms with E-state index in [2.05, 4.69) is 67.3 Å². The molecule has 0 radical (unpaired) electrons. The van der Waals surface area contributed by atoms with Gasteiger partial charge >= 0.3 is 21.8 Å². The maximum Gasteiger partial charge on any atom is 0.433 e. The highest BCUT2D eigenvalue weighted by molar-refractivity contribution is 7.16. The van der Waals surface area contributed by atoms with E-state index in [1.165, 1.54) is 45.5 Å². The molecule has 0 atom stereocenters. The van der Waals surface area contributed by atoms with E-state index in [1.807, 2.05) is 190 Å². The van der Waals surface area contributed by atoms with Gasteiger partial charge in [0.25, 0.3) is 22.2 Å². The van der Waals surface area contributed by atoms with Crippen molar-refractivity contribution < 1.29 is 28.5 Å². The standard InChI is InChI=1S/C28H18N4O4.C28H18N4O3S.C27H17N3O4S.C27H17N3O3S2/c2*1-19-17-20(8-9-21-5-4-16-29-18-21)10-13-25(19)31-26(14-11-22-12-15-27(36-22)32(34)35)30-24-7-3-2-6-23(24)28(31)33;1-18-17-19(8-12-21-5-4-16-35-21)9-13-24(18)29-25(14-10-20-11-15-26(34-20)30(32)33)28-23-7-3-2-6-22(23)27(29)31;1-18-17-19(8-10-20-5-4-16-34-20)9-13-24(18)29-25(14-11-21-12-15-26(35-21)30(32)33)28-23-7-3-2-6-22(23)27(29)31/h2*2-7,10-18H,1H3;2-7,9-11,13-17H,1H3;2-7,9,11-17H,1H3/b2*14-11+;14-10+;14-11+. The first kappa shape index (κ1) is 94.5. The van der Waals surface area contributed by atoms with Crippen molar-refractivity contribution in [3.63, 3.8) is 0 Å². The van der Waals surface area contributed by atoms with Gasteiger partial charge in [-0.2, -0.15) is 0 Å². The molecule has 12 aromatic heterocycles. The smallest absolute Gasteiger partial charge is 0.401 e. The summed E-state index contributed by atoms with van der Waals surface area (Å²) in [5.41, 5.74) is 12.4. The number of para-hydroxylation sites is 4. The van der Waals surface area contributed by atoms with E-state index in [4.69, 9.17) is 18.8 Å². The molecule has 0 bridgehead atoms. The average molecular weight is 1940 g/mol. The number of fused-ring (bicyclic) bond motifs is 4. The topological polar surface area (TPSA) is 364 Å². The normalized spacial score (nSPS) is 11.0. The van der Waals surface area contributed by atoms with Crippen molar-refractivity contribution in [3.05, 3.63) is 494 Å².